The zero-order chi connectivity index (χ0) is 13.9. The van der Waals surface area contributed by atoms with Crippen LogP contribution < -0.4 is 5.73 Å². The van der Waals surface area contributed by atoms with E-state index in [-0.39, 0.29) is 29.8 Å². The molecular weight excluding hydrogens is 276 g/mol. The highest BCUT2D eigenvalue weighted by molar-refractivity contribution is 5.85. The molecular formula is C15H29ClN2O2. The molecule has 2 unspecified atom stereocenters. The summed E-state index contributed by atoms with van der Waals surface area (Å²) in [5.74, 6) is 0.460. The number of rotatable bonds is 3. The summed E-state index contributed by atoms with van der Waals surface area (Å²) < 4.78 is 5.35. The van der Waals surface area contributed by atoms with Gasteiger partial charge in [-0.3, -0.25) is 4.79 Å². The molecule has 0 saturated carbocycles. The first-order valence-corrected chi connectivity index (χ1v) is 7.68. The molecule has 2 rings (SSSR count). The molecule has 4 nitrogen and oxygen atoms in total. The molecule has 2 saturated heterocycles. The SMILES string of the molecule is CCC1(C)CCCN(C(=O)C(N)C2CCOCC2)C1.Cl. The maximum absolute atomic E-state index is 12.6. The topological polar surface area (TPSA) is 55.6 Å². The largest absolute Gasteiger partial charge is 0.381 e. The van der Waals surface area contributed by atoms with E-state index in [9.17, 15) is 4.79 Å². The quantitative estimate of drug-likeness (QED) is 0.869. The minimum atomic E-state index is -0.330. The monoisotopic (exact) mass is 304 g/mol. The number of carbonyl (C=O) groups excluding carboxylic acids is 1. The summed E-state index contributed by atoms with van der Waals surface area (Å²) in [5, 5.41) is 0. The molecule has 5 heteroatoms. The van der Waals surface area contributed by atoms with Gasteiger partial charge < -0.3 is 15.4 Å². The summed E-state index contributed by atoms with van der Waals surface area (Å²) in [6.45, 7) is 7.75. The predicted molar refractivity (Wildman–Crippen MR) is 83.0 cm³/mol. The number of carbonyl (C=O) groups is 1. The van der Waals surface area contributed by atoms with E-state index >= 15 is 0 Å². The lowest BCUT2D eigenvalue weighted by atomic mass is 9.79. The number of hydrogen-bond acceptors (Lipinski definition) is 3. The van der Waals surface area contributed by atoms with E-state index in [0.29, 0.717) is 5.92 Å². The van der Waals surface area contributed by atoms with E-state index in [2.05, 4.69) is 13.8 Å². The highest BCUT2D eigenvalue weighted by Gasteiger charge is 2.35. The van der Waals surface area contributed by atoms with Crippen LogP contribution in [0, 0.1) is 11.3 Å². The van der Waals surface area contributed by atoms with Gasteiger partial charge >= 0.3 is 0 Å². The molecule has 1 amide bonds. The predicted octanol–water partition coefficient (Wildman–Crippen LogP) is 2.20. The van der Waals surface area contributed by atoms with Crippen LogP contribution >= 0.6 is 12.4 Å². The Balaban J connectivity index is 0.00000200. The third kappa shape index (κ3) is 4.09. The summed E-state index contributed by atoms with van der Waals surface area (Å²) >= 11 is 0. The van der Waals surface area contributed by atoms with Crippen LogP contribution in [0.25, 0.3) is 0 Å². The summed E-state index contributed by atoms with van der Waals surface area (Å²) in [4.78, 5) is 14.6. The lowest BCUT2D eigenvalue weighted by Crippen LogP contribution is -2.53. The van der Waals surface area contributed by atoms with Crippen molar-refractivity contribution in [2.24, 2.45) is 17.1 Å². The van der Waals surface area contributed by atoms with Gasteiger partial charge in [-0.2, -0.15) is 0 Å². The Hall–Kier alpha value is -0.320. The molecule has 2 atom stereocenters. The molecule has 118 valence electrons. The number of halogens is 1. The fraction of sp³-hybridized carbons (Fsp3) is 0.933. The second-order valence-corrected chi connectivity index (χ2v) is 6.50. The molecule has 0 bridgehead atoms. The average Bonchev–Trinajstić information content (AvgIpc) is 2.46. The van der Waals surface area contributed by atoms with E-state index in [1.807, 2.05) is 4.90 Å². The molecule has 2 aliphatic heterocycles. The van der Waals surface area contributed by atoms with E-state index in [0.717, 1.165) is 52.0 Å². The maximum Gasteiger partial charge on any atom is 0.239 e. The molecule has 0 aromatic heterocycles. The van der Waals surface area contributed by atoms with E-state index in [4.69, 9.17) is 10.5 Å². The van der Waals surface area contributed by atoms with Crippen molar-refractivity contribution < 1.29 is 9.53 Å². The van der Waals surface area contributed by atoms with Gasteiger partial charge in [0.05, 0.1) is 6.04 Å². The Labute approximate surface area is 128 Å². The number of piperidine rings is 1. The van der Waals surface area contributed by atoms with Crippen molar-refractivity contribution in [3.8, 4) is 0 Å². The van der Waals surface area contributed by atoms with Gasteiger partial charge in [0.1, 0.15) is 0 Å². The van der Waals surface area contributed by atoms with E-state index < -0.39 is 0 Å². The molecule has 0 aliphatic carbocycles. The van der Waals surface area contributed by atoms with Crippen LogP contribution in [0.2, 0.25) is 0 Å². The Morgan fingerprint density at radius 3 is 2.70 bits per heavy atom. The summed E-state index contributed by atoms with van der Waals surface area (Å²) in [6, 6.07) is -0.330. The standard InChI is InChI=1S/C15H28N2O2.ClH/c1-3-15(2)7-4-8-17(11-15)14(18)13(16)12-5-9-19-10-6-12;/h12-13H,3-11,16H2,1-2H3;1H. The van der Waals surface area contributed by atoms with Gasteiger partial charge in [0, 0.05) is 26.3 Å². The number of hydrogen-bond donors (Lipinski definition) is 1. The number of nitrogens with two attached hydrogens (primary N) is 1. The first-order valence-electron chi connectivity index (χ1n) is 7.68. The van der Waals surface area contributed by atoms with E-state index in [1.54, 1.807) is 0 Å². The van der Waals surface area contributed by atoms with Crippen LogP contribution in [0.4, 0.5) is 0 Å². The smallest absolute Gasteiger partial charge is 0.239 e. The van der Waals surface area contributed by atoms with Crippen molar-refractivity contribution >= 4 is 18.3 Å². The van der Waals surface area contributed by atoms with Gasteiger partial charge in [0.2, 0.25) is 5.91 Å². The van der Waals surface area contributed by atoms with Crippen molar-refractivity contribution in [3.63, 3.8) is 0 Å². The fourth-order valence-electron chi connectivity index (χ4n) is 3.28. The second-order valence-electron chi connectivity index (χ2n) is 6.50. The van der Waals surface area contributed by atoms with Crippen LogP contribution in [-0.2, 0) is 9.53 Å². The first-order chi connectivity index (χ1) is 9.06. The third-order valence-corrected chi connectivity index (χ3v) is 5.01. The molecule has 0 aromatic rings. The Morgan fingerprint density at radius 2 is 2.10 bits per heavy atom. The van der Waals surface area contributed by atoms with Crippen molar-refractivity contribution in [1.82, 2.24) is 4.90 Å². The van der Waals surface area contributed by atoms with Crippen LogP contribution in [0.1, 0.15) is 46.0 Å². The minimum absolute atomic E-state index is 0. The molecule has 0 radical (unpaired) electrons. The molecule has 2 heterocycles. The lowest BCUT2D eigenvalue weighted by molar-refractivity contribution is -0.138. The molecule has 20 heavy (non-hydrogen) atoms. The number of nitrogens with zero attached hydrogens (tertiary/aromatic N) is 1. The number of ether oxygens (including phenoxy) is 1. The Bertz CT molecular complexity index is 321. The van der Waals surface area contributed by atoms with Gasteiger partial charge in [-0.1, -0.05) is 13.8 Å². The fourth-order valence-corrected chi connectivity index (χ4v) is 3.28. The molecule has 2 fully saturated rings. The highest BCUT2D eigenvalue weighted by Crippen LogP contribution is 2.33. The van der Waals surface area contributed by atoms with Gasteiger partial charge in [0.25, 0.3) is 0 Å². The van der Waals surface area contributed by atoms with Gasteiger partial charge in [-0.15, -0.1) is 12.4 Å². The van der Waals surface area contributed by atoms with Gasteiger partial charge in [0.15, 0.2) is 0 Å². The Morgan fingerprint density at radius 1 is 1.45 bits per heavy atom. The molecule has 2 N–H and O–H groups in total. The van der Waals surface area contributed by atoms with Crippen molar-refractivity contribution in [2.75, 3.05) is 26.3 Å². The van der Waals surface area contributed by atoms with Crippen molar-refractivity contribution in [1.29, 1.82) is 0 Å². The van der Waals surface area contributed by atoms with Crippen LogP contribution in [0.15, 0.2) is 0 Å². The average molecular weight is 305 g/mol. The molecule has 0 aromatic carbocycles. The normalized spacial score (nSPS) is 29.6. The minimum Gasteiger partial charge on any atom is -0.381 e. The summed E-state index contributed by atoms with van der Waals surface area (Å²) in [6.07, 6.45) is 5.30. The van der Waals surface area contributed by atoms with Gasteiger partial charge in [-0.05, 0) is 43.4 Å². The number of likely N-dealkylation sites (tertiary alicyclic amines) is 1. The lowest BCUT2D eigenvalue weighted by Gasteiger charge is -2.42. The van der Waals surface area contributed by atoms with Crippen LogP contribution in [-0.4, -0.2) is 43.2 Å². The third-order valence-electron chi connectivity index (χ3n) is 5.01. The van der Waals surface area contributed by atoms with Crippen molar-refractivity contribution in [3.05, 3.63) is 0 Å². The number of amides is 1. The second kappa shape index (κ2) is 7.62. The maximum atomic E-state index is 12.6. The first kappa shape index (κ1) is 17.7. The molecule has 0 spiro atoms. The zero-order valence-electron chi connectivity index (χ0n) is 12.8. The van der Waals surface area contributed by atoms with Crippen LogP contribution in [0.5, 0.6) is 0 Å². The zero-order valence-corrected chi connectivity index (χ0v) is 13.6. The van der Waals surface area contributed by atoms with Crippen LogP contribution in [0.3, 0.4) is 0 Å². The summed E-state index contributed by atoms with van der Waals surface area (Å²) in [7, 11) is 0. The van der Waals surface area contributed by atoms with Crippen molar-refractivity contribution in [2.45, 2.75) is 52.0 Å². The van der Waals surface area contributed by atoms with Gasteiger partial charge in [-0.25, -0.2) is 0 Å². The highest BCUT2D eigenvalue weighted by atomic mass is 35.5. The van der Waals surface area contributed by atoms with E-state index in [1.165, 1.54) is 6.42 Å². The molecule has 2 aliphatic rings. The Kier molecular flexibility index (Phi) is 6.76. The summed E-state index contributed by atoms with van der Waals surface area (Å²) in [5.41, 5.74) is 6.49.